The van der Waals surface area contributed by atoms with Gasteiger partial charge >= 0.3 is 5.97 Å². The first-order valence-electron chi connectivity index (χ1n) is 4.75. The Morgan fingerprint density at radius 1 is 1.53 bits per heavy atom. The van der Waals surface area contributed by atoms with Crippen molar-refractivity contribution in [2.24, 2.45) is 0 Å². The van der Waals surface area contributed by atoms with Crippen molar-refractivity contribution in [3.05, 3.63) is 27.7 Å². The Bertz CT molecular complexity index is 377. The molecule has 1 aromatic rings. The van der Waals surface area contributed by atoms with Crippen molar-refractivity contribution in [2.75, 3.05) is 12.3 Å². The van der Waals surface area contributed by atoms with Crippen LogP contribution in [-0.2, 0) is 16.0 Å². The summed E-state index contributed by atoms with van der Waals surface area (Å²) < 4.78 is 5.79. The van der Waals surface area contributed by atoms with Crippen LogP contribution >= 0.6 is 15.9 Å². The van der Waals surface area contributed by atoms with Gasteiger partial charge in [0.15, 0.2) is 0 Å². The van der Waals surface area contributed by atoms with Crippen molar-refractivity contribution in [2.45, 2.75) is 20.3 Å². The average Bonchev–Trinajstić information content (AvgIpc) is 2.19. The number of hydrogen-bond acceptors (Lipinski definition) is 3. The zero-order valence-corrected chi connectivity index (χ0v) is 10.4. The number of nitrogen functional groups attached to an aromatic ring is 1. The number of benzene rings is 1. The van der Waals surface area contributed by atoms with Crippen LogP contribution in [0.25, 0.3) is 0 Å². The van der Waals surface area contributed by atoms with E-state index in [-0.39, 0.29) is 12.4 Å². The van der Waals surface area contributed by atoms with Crippen LogP contribution in [0, 0.1) is 6.92 Å². The fraction of sp³-hybridized carbons (Fsp3) is 0.364. The second-order valence-electron chi connectivity index (χ2n) is 3.22. The van der Waals surface area contributed by atoms with Gasteiger partial charge in [-0.15, -0.1) is 0 Å². The molecule has 82 valence electrons. The summed E-state index contributed by atoms with van der Waals surface area (Å²) in [5, 5.41) is 0. The van der Waals surface area contributed by atoms with E-state index in [1.165, 1.54) is 0 Å². The Labute approximate surface area is 97.7 Å². The van der Waals surface area contributed by atoms with E-state index in [2.05, 4.69) is 15.9 Å². The van der Waals surface area contributed by atoms with Crippen molar-refractivity contribution >= 4 is 27.6 Å². The second-order valence-corrected chi connectivity index (χ2v) is 4.08. The molecule has 0 aromatic heterocycles. The van der Waals surface area contributed by atoms with E-state index in [0.717, 1.165) is 15.6 Å². The monoisotopic (exact) mass is 271 g/mol. The van der Waals surface area contributed by atoms with Crippen LogP contribution in [0.15, 0.2) is 16.6 Å². The van der Waals surface area contributed by atoms with Crippen LogP contribution < -0.4 is 5.73 Å². The molecule has 0 heterocycles. The first kappa shape index (κ1) is 12.0. The summed E-state index contributed by atoms with van der Waals surface area (Å²) in [6, 6.07) is 3.66. The summed E-state index contributed by atoms with van der Waals surface area (Å²) in [5.74, 6) is -0.230. The number of halogens is 1. The number of carbonyl (C=O) groups excluding carboxylic acids is 1. The molecule has 0 spiro atoms. The average molecular weight is 272 g/mol. The van der Waals surface area contributed by atoms with Crippen LogP contribution in [-0.4, -0.2) is 12.6 Å². The first-order chi connectivity index (χ1) is 7.06. The predicted molar refractivity (Wildman–Crippen MR) is 63.6 cm³/mol. The molecule has 0 unspecified atom stereocenters. The van der Waals surface area contributed by atoms with E-state index in [0.29, 0.717) is 12.3 Å². The molecule has 0 atom stereocenters. The number of carbonyl (C=O) groups is 1. The minimum Gasteiger partial charge on any atom is -0.466 e. The molecule has 0 saturated heterocycles. The van der Waals surface area contributed by atoms with Crippen LogP contribution in [0.3, 0.4) is 0 Å². The summed E-state index contributed by atoms with van der Waals surface area (Å²) >= 11 is 3.40. The Morgan fingerprint density at radius 2 is 2.20 bits per heavy atom. The van der Waals surface area contributed by atoms with E-state index < -0.39 is 0 Å². The molecule has 2 N–H and O–H groups in total. The molecule has 0 aliphatic rings. The van der Waals surface area contributed by atoms with Crippen molar-refractivity contribution in [1.29, 1.82) is 0 Å². The number of nitrogens with two attached hydrogens (primary N) is 1. The van der Waals surface area contributed by atoms with Crippen LogP contribution in [0.4, 0.5) is 5.69 Å². The minimum atomic E-state index is -0.230. The standard InChI is InChI=1S/C11H14BrNO2/c1-3-15-11(14)6-8-7(2)10(13)5-4-9(8)12/h4-5H,3,6,13H2,1-2H3. The van der Waals surface area contributed by atoms with E-state index in [1.54, 1.807) is 6.92 Å². The third-order valence-electron chi connectivity index (χ3n) is 2.21. The van der Waals surface area contributed by atoms with Gasteiger partial charge in [-0.25, -0.2) is 0 Å². The molecule has 0 radical (unpaired) electrons. The third kappa shape index (κ3) is 2.96. The van der Waals surface area contributed by atoms with Gasteiger partial charge in [0.05, 0.1) is 13.0 Å². The molecule has 0 amide bonds. The molecular weight excluding hydrogens is 258 g/mol. The molecule has 0 fully saturated rings. The Kier molecular flexibility index (Phi) is 4.15. The number of ether oxygens (including phenoxy) is 1. The quantitative estimate of drug-likeness (QED) is 0.679. The maximum Gasteiger partial charge on any atom is 0.310 e. The fourth-order valence-electron chi connectivity index (χ4n) is 1.32. The lowest BCUT2D eigenvalue weighted by atomic mass is 10.0. The lowest BCUT2D eigenvalue weighted by Crippen LogP contribution is -2.09. The predicted octanol–water partition coefficient (Wildman–Crippen LogP) is 2.45. The minimum absolute atomic E-state index is 0.230. The van der Waals surface area contributed by atoms with Gasteiger partial charge in [-0.1, -0.05) is 15.9 Å². The number of rotatable bonds is 3. The normalized spacial score (nSPS) is 10.1. The van der Waals surface area contributed by atoms with E-state index >= 15 is 0 Å². The van der Waals surface area contributed by atoms with E-state index in [9.17, 15) is 4.79 Å². The van der Waals surface area contributed by atoms with Crippen molar-refractivity contribution in [1.82, 2.24) is 0 Å². The van der Waals surface area contributed by atoms with Crippen molar-refractivity contribution in [3.63, 3.8) is 0 Å². The first-order valence-corrected chi connectivity index (χ1v) is 5.54. The molecule has 1 rings (SSSR count). The lowest BCUT2D eigenvalue weighted by Gasteiger charge is -2.10. The molecule has 15 heavy (non-hydrogen) atoms. The van der Waals surface area contributed by atoms with Crippen LogP contribution in [0.5, 0.6) is 0 Å². The Morgan fingerprint density at radius 3 is 2.80 bits per heavy atom. The summed E-state index contributed by atoms with van der Waals surface area (Å²) in [4.78, 5) is 11.3. The summed E-state index contributed by atoms with van der Waals surface area (Å²) in [6.45, 7) is 4.09. The van der Waals surface area contributed by atoms with Crippen molar-refractivity contribution < 1.29 is 9.53 Å². The molecule has 0 saturated carbocycles. The Hall–Kier alpha value is -1.03. The zero-order valence-electron chi connectivity index (χ0n) is 8.84. The third-order valence-corrected chi connectivity index (χ3v) is 2.95. The molecule has 3 nitrogen and oxygen atoms in total. The van der Waals surface area contributed by atoms with Gasteiger partial charge in [0.25, 0.3) is 0 Å². The second kappa shape index (κ2) is 5.16. The van der Waals surface area contributed by atoms with Crippen LogP contribution in [0.1, 0.15) is 18.1 Å². The number of anilines is 1. The molecule has 4 heteroatoms. The largest absolute Gasteiger partial charge is 0.466 e. The zero-order chi connectivity index (χ0) is 11.4. The smallest absolute Gasteiger partial charge is 0.310 e. The molecule has 1 aromatic carbocycles. The molecule has 0 bridgehead atoms. The van der Waals surface area contributed by atoms with Gasteiger partial charge in [-0.2, -0.15) is 0 Å². The highest BCUT2D eigenvalue weighted by molar-refractivity contribution is 9.10. The maximum atomic E-state index is 11.3. The number of hydrogen-bond donors (Lipinski definition) is 1. The molecular formula is C11H14BrNO2. The highest BCUT2D eigenvalue weighted by Gasteiger charge is 2.11. The highest BCUT2D eigenvalue weighted by Crippen LogP contribution is 2.25. The SMILES string of the molecule is CCOC(=O)Cc1c(Br)ccc(N)c1C. The topological polar surface area (TPSA) is 52.3 Å². The fourth-order valence-corrected chi connectivity index (χ4v) is 1.88. The molecule has 0 aliphatic carbocycles. The summed E-state index contributed by atoms with van der Waals surface area (Å²) in [6.07, 6.45) is 0.255. The molecule has 0 aliphatic heterocycles. The lowest BCUT2D eigenvalue weighted by molar-refractivity contribution is -0.142. The van der Waals surface area contributed by atoms with Crippen molar-refractivity contribution in [3.8, 4) is 0 Å². The summed E-state index contributed by atoms with van der Waals surface area (Å²) in [7, 11) is 0. The van der Waals surface area contributed by atoms with Crippen LogP contribution in [0.2, 0.25) is 0 Å². The van der Waals surface area contributed by atoms with E-state index in [1.807, 2.05) is 19.1 Å². The van der Waals surface area contributed by atoms with Gasteiger partial charge < -0.3 is 10.5 Å². The van der Waals surface area contributed by atoms with Gasteiger partial charge in [0, 0.05) is 10.2 Å². The van der Waals surface area contributed by atoms with Gasteiger partial charge in [0.2, 0.25) is 0 Å². The van der Waals surface area contributed by atoms with Gasteiger partial charge in [-0.05, 0) is 37.1 Å². The van der Waals surface area contributed by atoms with E-state index in [4.69, 9.17) is 10.5 Å². The Balaban J connectivity index is 2.93. The van der Waals surface area contributed by atoms with Gasteiger partial charge in [0.1, 0.15) is 0 Å². The number of esters is 1. The highest BCUT2D eigenvalue weighted by atomic mass is 79.9. The summed E-state index contributed by atoms with van der Waals surface area (Å²) in [5.41, 5.74) is 8.28. The maximum absolute atomic E-state index is 11.3. The van der Waals surface area contributed by atoms with Gasteiger partial charge in [-0.3, -0.25) is 4.79 Å².